The van der Waals surface area contributed by atoms with Gasteiger partial charge < -0.3 is 19.8 Å². The maximum absolute atomic E-state index is 12.8. The fourth-order valence-electron chi connectivity index (χ4n) is 3.25. The summed E-state index contributed by atoms with van der Waals surface area (Å²) in [5.74, 6) is -0.904. The van der Waals surface area contributed by atoms with Crippen LogP contribution in [0.3, 0.4) is 0 Å². The number of aromatic nitrogens is 1. The SMILES string of the molecule is C1COCCN1.CC1=C(C(=O)OCc2ccccc2)C(c2ccc[nH]2)C(C#N)=C(S)S1. The van der Waals surface area contributed by atoms with E-state index in [0.717, 1.165) is 42.5 Å². The Morgan fingerprint density at radius 1 is 1.26 bits per heavy atom. The Morgan fingerprint density at radius 3 is 2.55 bits per heavy atom. The van der Waals surface area contributed by atoms with Gasteiger partial charge in [-0.2, -0.15) is 5.26 Å². The summed E-state index contributed by atoms with van der Waals surface area (Å²) in [6.45, 7) is 5.88. The number of hydrogen-bond donors (Lipinski definition) is 3. The molecule has 162 valence electrons. The molecule has 0 radical (unpaired) electrons. The lowest BCUT2D eigenvalue weighted by Gasteiger charge is -2.25. The number of carbonyl (C=O) groups is 1. The third kappa shape index (κ3) is 6.28. The van der Waals surface area contributed by atoms with Crippen LogP contribution >= 0.6 is 24.4 Å². The topological polar surface area (TPSA) is 87.1 Å². The van der Waals surface area contributed by atoms with Crippen LogP contribution in [-0.4, -0.2) is 37.3 Å². The molecule has 1 saturated heterocycles. The number of thiol groups is 1. The minimum absolute atomic E-state index is 0.192. The second-order valence-electron chi connectivity index (χ2n) is 6.89. The summed E-state index contributed by atoms with van der Waals surface area (Å²) in [6, 6.07) is 15.4. The molecule has 2 N–H and O–H groups in total. The van der Waals surface area contributed by atoms with Crippen LogP contribution in [0.5, 0.6) is 0 Å². The Balaban J connectivity index is 0.000000391. The van der Waals surface area contributed by atoms with Crippen LogP contribution in [-0.2, 0) is 20.9 Å². The number of nitrogens with zero attached hydrogens (tertiary/aromatic N) is 1. The average Bonchev–Trinajstić information content (AvgIpc) is 3.34. The van der Waals surface area contributed by atoms with Gasteiger partial charge in [0.15, 0.2) is 0 Å². The van der Waals surface area contributed by atoms with Gasteiger partial charge in [-0.15, -0.1) is 12.6 Å². The standard InChI is InChI=1S/C19H16N2O2S2.C4H9NO/c1-12-16(18(22)23-11-13-6-3-2-4-7-13)17(15-8-5-9-21-15)14(10-20)19(24)25-12;1-3-6-4-2-5-1/h2-9,17,21,24H,11H2,1H3;5H,1-4H2. The summed E-state index contributed by atoms with van der Waals surface area (Å²) in [7, 11) is 0. The van der Waals surface area contributed by atoms with E-state index in [-0.39, 0.29) is 6.61 Å². The van der Waals surface area contributed by atoms with Crippen molar-refractivity contribution >= 4 is 30.4 Å². The van der Waals surface area contributed by atoms with E-state index in [4.69, 9.17) is 9.47 Å². The maximum atomic E-state index is 12.8. The number of thioether (sulfide) groups is 1. The van der Waals surface area contributed by atoms with Crippen molar-refractivity contribution < 1.29 is 14.3 Å². The van der Waals surface area contributed by atoms with Gasteiger partial charge in [0, 0.05) is 25.0 Å². The first-order valence-corrected chi connectivity index (χ1v) is 11.2. The number of H-pyrrole nitrogens is 1. The predicted octanol–water partition coefficient (Wildman–Crippen LogP) is 4.13. The van der Waals surface area contributed by atoms with Crippen molar-refractivity contribution in [2.24, 2.45) is 0 Å². The Bertz CT molecular complexity index is 964. The highest BCUT2D eigenvalue weighted by molar-refractivity contribution is 8.18. The van der Waals surface area contributed by atoms with E-state index in [0.29, 0.717) is 15.4 Å². The molecule has 0 spiro atoms. The van der Waals surface area contributed by atoms with Crippen LogP contribution in [0.4, 0.5) is 0 Å². The van der Waals surface area contributed by atoms with Gasteiger partial charge in [0.2, 0.25) is 0 Å². The number of nitrogens with one attached hydrogen (secondary N) is 2. The number of allylic oxidation sites excluding steroid dienone is 2. The van der Waals surface area contributed by atoms with Crippen LogP contribution in [0.1, 0.15) is 24.1 Å². The Morgan fingerprint density at radius 2 is 2.00 bits per heavy atom. The Kier molecular flexibility index (Phi) is 8.85. The number of nitriles is 1. The number of hydrogen-bond acceptors (Lipinski definition) is 7. The molecule has 1 unspecified atom stereocenters. The zero-order valence-electron chi connectivity index (χ0n) is 17.3. The molecule has 2 aromatic rings. The van der Waals surface area contributed by atoms with E-state index in [9.17, 15) is 10.1 Å². The van der Waals surface area contributed by atoms with Crippen LogP contribution in [0.15, 0.2) is 68.9 Å². The number of aromatic amines is 1. The van der Waals surface area contributed by atoms with Crippen molar-refractivity contribution in [3.8, 4) is 6.07 Å². The molecule has 6 nitrogen and oxygen atoms in total. The predicted molar refractivity (Wildman–Crippen MR) is 125 cm³/mol. The third-order valence-corrected chi connectivity index (χ3v) is 6.22. The van der Waals surface area contributed by atoms with Crippen molar-refractivity contribution in [2.45, 2.75) is 19.4 Å². The van der Waals surface area contributed by atoms with E-state index >= 15 is 0 Å². The van der Waals surface area contributed by atoms with E-state index < -0.39 is 11.9 Å². The van der Waals surface area contributed by atoms with Gasteiger partial charge in [-0.05, 0) is 29.5 Å². The molecule has 1 atom stereocenters. The fourth-order valence-corrected chi connectivity index (χ4v) is 4.72. The number of benzene rings is 1. The van der Waals surface area contributed by atoms with Crippen molar-refractivity contribution in [2.75, 3.05) is 26.3 Å². The molecule has 0 amide bonds. The molecular formula is C23H25N3O3S2. The lowest BCUT2D eigenvalue weighted by atomic mass is 9.88. The summed E-state index contributed by atoms with van der Waals surface area (Å²) in [6.07, 6.45) is 1.77. The van der Waals surface area contributed by atoms with E-state index in [1.807, 2.05) is 49.4 Å². The Labute approximate surface area is 192 Å². The van der Waals surface area contributed by atoms with Gasteiger partial charge in [0.05, 0.1) is 40.6 Å². The van der Waals surface area contributed by atoms with Crippen LogP contribution in [0, 0.1) is 11.3 Å². The maximum Gasteiger partial charge on any atom is 0.336 e. The van der Waals surface area contributed by atoms with E-state index in [1.165, 1.54) is 11.8 Å². The molecule has 0 saturated carbocycles. The fraction of sp³-hybridized carbons (Fsp3) is 0.304. The average molecular weight is 456 g/mol. The van der Waals surface area contributed by atoms with Gasteiger partial charge in [0.25, 0.3) is 0 Å². The summed E-state index contributed by atoms with van der Waals surface area (Å²) in [5, 5.41) is 12.7. The van der Waals surface area contributed by atoms with Crippen molar-refractivity contribution in [3.63, 3.8) is 0 Å². The minimum Gasteiger partial charge on any atom is -0.457 e. The summed E-state index contributed by atoms with van der Waals surface area (Å²) in [4.78, 5) is 16.7. The first kappa shape index (κ1) is 23.2. The first-order valence-electron chi connectivity index (χ1n) is 9.96. The molecule has 2 aliphatic heterocycles. The number of esters is 1. The first-order chi connectivity index (χ1) is 15.1. The number of carbonyl (C=O) groups excluding carboxylic acids is 1. The Hall–Kier alpha value is -2.44. The molecule has 1 aromatic heterocycles. The van der Waals surface area contributed by atoms with E-state index in [2.05, 4.69) is 29.0 Å². The highest BCUT2D eigenvalue weighted by atomic mass is 32.2. The highest BCUT2D eigenvalue weighted by Crippen LogP contribution is 2.47. The quantitative estimate of drug-likeness (QED) is 0.475. The smallest absolute Gasteiger partial charge is 0.336 e. The molecule has 0 aliphatic carbocycles. The number of ether oxygens (including phenoxy) is 2. The summed E-state index contributed by atoms with van der Waals surface area (Å²) >= 11 is 5.74. The molecule has 0 bridgehead atoms. The lowest BCUT2D eigenvalue weighted by molar-refractivity contribution is -0.140. The largest absolute Gasteiger partial charge is 0.457 e. The molecular weight excluding hydrogens is 430 g/mol. The van der Waals surface area contributed by atoms with Crippen molar-refractivity contribution in [3.05, 3.63) is 80.2 Å². The zero-order valence-corrected chi connectivity index (χ0v) is 19.0. The van der Waals surface area contributed by atoms with Gasteiger partial charge in [-0.3, -0.25) is 0 Å². The highest BCUT2D eigenvalue weighted by Gasteiger charge is 2.35. The number of rotatable bonds is 4. The van der Waals surface area contributed by atoms with Crippen molar-refractivity contribution in [1.29, 1.82) is 5.26 Å². The monoisotopic (exact) mass is 455 g/mol. The van der Waals surface area contributed by atoms with Crippen LogP contribution in [0.25, 0.3) is 0 Å². The normalized spacial score (nSPS) is 18.7. The molecule has 4 rings (SSSR count). The van der Waals surface area contributed by atoms with Gasteiger partial charge in [-0.25, -0.2) is 4.79 Å². The van der Waals surface area contributed by atoms with Crippen LogP contribution in [0.2, 0.25) is 0 Å². The number of morpholine rings is 1. The third-order valence-electron chi connectivity index (χ3n) is 4.77. The molecule has 31 heavy (non-hydrogen) atoms. The van der Waals surface area contributed by atoms with E-state index in [1.54, 1.807) is 6.20 Å². The summed E-state index contributed by atoms with van der Waals surface area (Å²) < 4.78 is 11.1. The molecule has 2 aliphatic rings. The molecule has 8 heteroatoms. The minimum atomic E-state index is -0.489. The van der Waals surface area contributed by atoms with Gasteiger partial charge in [-0.1, -0.05) is 42.1 Å². The second kappa shape index (κ2) is 11.8. The van der Waals surface area contributed by atoms with Crippen LogP contribution < -0.4 is 5.32 Å². The molecule has 1 fully saturated rings. The second-order valence-corrected chi connectivity index (χ2v) is 8.86. The summed E-state index contributed by atoms with van der Waals surface area (Å²) in [5.41, 5.74) is 2.63. The van der Waals surface area contributed by atoms with Gasteiger partial charge >= 0.3 is 5.97 Å². The lowest BCUT2D eigenvalue weighted by Crippen LogP contribution is -2.30. The molecule has 3 heterocycles. The zero-order chi connectivity index (χ0) is 22.1. The molecule has 1 aromatic carbocycles. The van der Waals surface area contributed by atoms with Crippen molar-refractivity contribution in [1.82, 2.24) is 10.3 Å². The van der Waals surface area contributed by atoms with Gasteiger partial charge in [0.1, 0.15) is 6.61 Å².